The van der Waals surface area contributed by atoms with Gasteiger partial charge in [0.05, 0.1) is 12.2 Å². The lowest BCUT2D eigenvalue weighted by Gasteiger charge is -2.36. The average molecular weight is 309 g/mol. The van der Waals surface area contributed by atoms with Crippen LogP contribution in [-0.4, -0.2) is 24.3 Å². The Labute approximate surface area is 137 Å². The third kappa shape index (κ3) is 3.34. The molecule has 0 radical (unpaired) electrons. The number of anilines is 1. The molecule has 0 spiro atoms. The van der Waals surface area contributed by atoms with Crippen LogP contribution in [0.5, 0.6) is 11.5 Å². The average Bonchev–Trinajstić information content (AvgIpc) is 2.50. The van der Waals surface area contributed by atoms with Crippen molar-refractivity contribution < 1.29 is 9.84 Å². The van der Waals surface area contributed by atoms with E-state index < -0.39 is 0 Å². The van der Waals surface area contributed by atoms with Crippen molar-refractivity contribution in [2.75, 3.05) is 18.0 Å². The minimum atomic E-state index is 0.0608. The Bertz CT molecular complexity index is 724. The molecule has 2 aromatic rings. The lowest BCUT2D eigenvalue weighted by atomic mass is 9.99. The Kier molecular flexibility index (Phi) is 4.28. The second-order valence-corrected chi connectivity index (χ2v) is 6.22. The molecule has 0 saturated heterocycles. The normalized spacial score (nSPS) is 16.6. The number of ether oxygens (including phenoxy) is 1. The number of aromatic hydroxyl groups is 1. The SMILES string of the molecule is C=CCN1CC(Cc2ccc(C)cc2C)Oc2cc(O)ccc21. The molecule has 3 heteroatoms. The summed E-state index contributed by atoms with van der Waals surface area (Å²) in [5.74, 6) is 0.974. The summed E-state index contributed by atoms with van der Waals surface area (Å²) in [6, 6.07) is 11.8. The van der Waals surface area contributed by atoms with Gasteiger partial charge in [-0.25, -0.2) is 0 Å². The molecule has 0 aliphatic carbocycles. The van der Waals surface area contributed by atoms with Crippen LogP contribution in [0.4, 0.5) is 5.69 Å². The molecule has 3 rings (SSSR count). The summed E-state index contributed by atoms with van der Waals surface area (Å²) in [5.41, 5.74) is 4.90. The summed E-state index contributed by atoms with van der Waals surface area (Å²) in [5, 5.41) is 9.74. The third-order valence-electron chi connectivity index (χ3n) is 4.30. The van der Waals surface area contributed by atoms with Crippen LogP contribution in [0.3, 0.4) is 0 Å². The van der Waals surface area contributed by atoms with Crippen LogP contribution in [0, 0.1) is 13.8 Å². The number of rotatable bonds is 4. The smallest absolute Gasteiger partial charge is 0.146 e. The Morgan fingerprint density at radius 3 is 2.83 bits per heavy atom. The number of hydrogen-bond acceptors (Lipinski definition) is 3. The molecule has 1 aliphatic rings. The van der Waals surface area contributed by atoms with Gasteiger partial charge in [0, 0.05) is 19.0 Å². The van der Waals surface area contributed by atoms with Gasteiger partial charge in [0.2, 0.25) is 0 Å². The molecular weight excluding hydrogens is 286 g/mol. The van der Waals surface area contributed by atoms with E-state index in [-0.39, 0.29) is 11.9 Å². The predicted octanol–water partition coefficient (Wildman–Crippen LogP) is 4.01. The quantitative estimate of drug-likeness (QED) is 0.866. The van der Waals surface area contributed by atoms with Crippen LogP contribution in [0.15, 0.2) is 49.1 Å². The largest absolute Gasteiger partial charge is 0.508 e. The van der Waals surface area contributed by atoms with E-state index in [1.165, 1.54) is 16.7 Å². The fourth-order valence-corrected chi connectivity index (χ4v) is 3.17. The number of hydrogen-bond donors (Lipinski definition) is 1. The Balaban J connectivity index is 1.85. The first-order chi connectivity index (χ1) is 11.1. The molecule has 23 heavy (non-hydrogen) atoms. The summed E-state index contributed by atoms with van der Waals surface area (Å²) in [6.45, 7) is 9.69. The van der Waals surface area contributed by atoms with Crippen LogP contribution < -0.4 is 9.64 Å². The standard InChI is InChI=1S/C20H23NO2/c1-4-9-21-13-18(11-16-6-5-14(2)10-15(16)3)23-20-12-17(22)7-8-19(20)21/h4-8,10,12,18,22H,1,9,11,13H2,2-3H3. The summed E-state index contributed by atoms with van der Waals surface area (Å²) >= 11 is 0. The van der Waals surface area contributed by atoms with Gasteiger partial charge in [0.1, 0.15) is 17.6 Å². The minimum absolute atomic E-state index is 0.0608. The van der Waals surface area contributed by atoms with Crippen molar-refractivity contribution in [2.24, 2.45) is 0 Å². The van der Waals surface area contributed by atoms with E-state index in [0.29, 0.717) is 0 Å². The van der Waals surface area contributed by atoms with Crippen LogP contribution in [-0.2, 0) is 6.42 Å². The molecule has 0 amide bonds. The van der Waals surface area contributed by atoms with Crippen molar-refractivity contribution in [2.45, 2.75) is 26.4 Å². The predicted molar refractivity (Wildman–Crippen MR) is 94.6 cm³/mol. The first kappa shape index (κ1) is 15.5. The van der Waals surface area contributed by atoms with Gasteiger partial charge in [-0.2, -0.15) is 0 Å². The van der Waals surface area contributed by atoms with Crippen molar-refractivity contribution in [1.82, 2.24) is 0 Å². The first-order valence-electron chi connectivity index (χ1n) is 7.98. The highest BCUT2D eigenvalue weighted by molar-refractivity contribution is 5.62. The molecule has 0 bridgehead atoms. The maximum atomic E-state index is 9.74. The fourth-order valence-electron chi connectivity index (χ4n) is 3.17. The van der Waals surface area contributed by atoms with Crippen LogP contribution in [0.1, 0.15) is 16.7 Å². The highest BCUT2D eigenvalue weighted by Crippen LogP contribution is 2.36. The van der Waals surface area contributed by atoms with Gasteiger partial charge in [-0.1, -0.05) is 29.8 Å². The van der Waals surface area contributed by atoms with E-state index in [2.05, 4.69) is 43.5 Å². The molecule has 2 aromatic carbocycles. The van der Waals surface area contributed by atoms with Crippen LogP contribution in [0.25, 0.3) is 0 Å². The minimum Gasteiger partial charge on any atom is -0.508 e. The van der Waals surface area contributed by atoms with Crippen LogP contribution >= 0.6 is 0 Å². The summed E-state index contributed by atoms with van der Waals surface area (Å²) < 4.78 is 6.14. The molecule has 1 heterocycles. The zero-order chi connectivity index (χ0) is 16.4. The zero-order valence-electron chi connectivity index (χ0n) is 13.7. The summed E-state index contributed by atoms with van der Waals surface area (Å²) in [4.78, 5) is 2.25. The maximum Gasteiger partial charge on any atom is 0.146 e. The molecule has 1 N–H and O–H groups in total. The molecule has 0 aromatic heterocycles. The number of phenols is 1. The van der Waals surface area contributed by atoms with E-state index in [1.54, 1.807) is 12.1 Å². The van der Waals surface area contributed by atoms with Gasteiger partial charge in [-0.05, 0) is 37.1 Å². The van der Waals surface area contributed by atoms with Crippen molar-refractivity contribution in [1.29, 1.82) is 0 Å². The lowest BCUT2D eigenvalue weighted by Crippen LogP contribution is -2.41. The van der Waals surface area contributed by atoms with Crippen LogP contribution in [0.2, 0.25) is 0 Å². The van der Waals surface area contributed by atoms with E-state index in [0.717, 1.165) is 30.9 Å². The molecule has 1 atom stereocenters. The third-order valence-corrected chi connectivity index (χ3v) is 4.30. The first-order valence-corrected chi connectivity index (χ1v) is 7.98. The Morgan fingerprint density at radius 1 is 1.26 bits per heavy atom. The second kappa shape index (κ2) is 6.37. The van der Waals surface area contributed by atoms with Crippen molar-refractivity contribution in [3.63, 3.8) is 0 Å². The summed E-state index contributed by atoms with van der Waals surface area (Å²) in [6.07, 6.45) is 2.82. The van der Waals surface area contributed by atoms with Gasteiger partial charge in [-0.3, -0.25) is 0 Å². The maximum absolute atomic E-state index is 9.74. The lowest BCUT2D eigenvalue weighted by molar-refractivity contribution is 0.194. The monoisotopic (exact) mass is 309 g/mol. The van der Waals surface area contributed by atoms with Crippen molar-refractivity contribution >= 4 is 5.69 Å². The van der Waals surface area contributed by atoms with Gasteiger partial charge in [-0.15, -0.1) is 6.58 Å². The molecule has 1 unspecified atom stereocenters. The van der Waals surface area contributed by atoms with Gasteiger partial charge in [0.25, 0.3) is 0 Å². The number of phenolic OH excluding ortho intramolecular Hbond substituents is 1. The molecule has 1 aliphatic heterocycles. The Hall–Kier alpha value is -2.42. The topological polar surface area (TPSA) is 32.7 Å². The number of nitrogens with zero attached hydrogens (tertiary/aromatic N) is 1. The van der Waals surface area contributed by atoms with Gasteiger partial charge >= 0.3 is 0 Å². The summed E-state index contributed by atoms with van der Waals surface area (Å²) in [7, 11) is 0. The molecule has 3 nitrogen and oxygen atoms in total. The zero-order valence-corrected chi connectivity index (χ0v) is 13.7. The highest BCUT2D eigenvalue weighted by Gasteiger charge is 2.26. The van der Waals surface area contributed by atoms with E-state index in [1.807, 2.05) is 12.1 Å². The Morgan fingerprint density at radius 2 is 2.09 bits per heavy atom. The van der Waals surface area contributed by atoms with Gasteiger partial charge in [0.15, 0.2) is 0 Å². The number of fused-ring (bicyclic) bond motifs is 1. The van der Waals surface area contributed by atoms with Crippen molar-refractivity contribution in [3.8, 4) is 11.5 Å². The van der Waals surface area contributed by atoms with Gasteiger partial charge < -0.3 is 14.7 Å². The molecule has 120 valence electrons. The highest BCUT2D eigenvalue weighted by atomic mass is 16.5. The van der Waals surface area contributed by atoms with E-state index in [9.17, 15) is 5.11 Å². The number of benzene rings is 2. The fraction of sp³-hybridized carbons (Fsp3) is 0.300. The molecule has 0 saturated carbocycles. The van der Waals surface area contributed by atoms with Crippen molar-refractivity contribution in [3.05, 3.63) is 65.7 Å². The van der Waals surface area contributed by atoms with E-state index in [4.69, 9.17) is 4.74 Å². The molecule has 0 fully saturated rings. The van der Waals surface area contributed by atoms with E-state index >= 15 is 0 Å². The number of aryl methyl sites for hydroxylation is 2. The second-order valence-electron chi connectivity index (χ2n) is 6.22. The molecular formula is C20H23NO2.